The van der Waals surface area contributed by atoms with E-state index < -0.39 is 0 Å². The third kappa shape index (κ3) is 1.25. The maximum absolute atomic E-state index is 3.53. The summed E-state index contributed by atoms with van der Waals surface area (Å²) in [5.74, 6) is 0. The van der Waals surface area contributed by atoms with Crippen LogP contribution in [0.2, 0.25) is 0 Å². The van der Waals surface area contributed by atoms with E-state index in [0.717, 1.165) is 0 Å². The van der Waals surface area contributed by atoms with Crippen LogP contribution >= 0.6 is 15.9 Å². The average Bonchev–Trinajstić information content (AvgIpc) is 1.90. The Balaban J connectivity index is 2.44. The first-order chi connectivity index (χ1) is 5.38. The Morgan fingerprint density at radius 2 is 1.91 bits per heavy atom. The molecule has 0 atom stereocenters. The summed E-state index contributed by atoms with van der Waals surface area (Å²) in [6, 6.07) is 8.38. The Kier molecular flexibility index (Phi) is 1.82. The summed E-state index contributed by atoms with van der Waals surface area (Å²) in [5.41, 5.74) is 2.84. The minimum atomic E-state index is 1.21. The van der Waals surface area contributed by atoms with Crippen molar-refractivity contribution in [2.75, 3.05) is 0 Å². The molecule has 0 nitrogen and oxygen atoms in total. The molecule has 0 N–H and O–H groups in total. The van der Waals surface area contributed by atoms with Crippen LogP contribution in [0, 0.1) is 0 Å². The Morgan fingerprint density at radius 3 is 2.45 bits per heavy atom. The molecule has 0 aliphatic heterocycles. The first-order valence-electron chi connectivity index (χ1n) is 3.82. The van der Waals surface area contributed by atoms with Gasteiger partial charge in [-0.15, -0.1) is 0 Å². The molecule has 0 saturated heterocycles. The lowest BCUT2D eigenvalue weighted by molar-refractivity contribution is 0.987. The number of allylic oxidation sites excluding steroid dienone is 2. The molecule has 0 fully saturated rings. The van der Waals surface area contributed by atoms with E-state index in [1.54, 1.807) is 0 Å². The predicted molar refractivity (Wildman–Crippen MR) is 51.4 cm³/mol. The van der Waals surface area contributed by atoms with Crippen molar-refractivity contribution in [3.05, 3.63) is 40.4 Å². The molecule has 2 rings (SSSR count). The van der Waals surface area contributed by atoms with Crippen LogP contribution < -0.4 is 0 Å². The van der Waals surface area contributed by atoms with E-state index in [1.165, 1.54) is 28.5 Å². The first kappa shape index (κ1) is 7.11. The number of hydrogen-bond acceptors (Lipinski definition) is 0. The van der Waals surface area contributed by atoms with Crippen LogP contribution in [-0.2, 0) is 0 Å². The lowest BCUT2D eigenvalue weighted by Crippen LogP contribution is -1.93. The normalized spacial score (nSPS) is 15.5. The Morgan fingerprint density at radius 1 is 1.18 bits per heavy atom. The van der Waals surface area contributed by atoms with Gasteiger partial charge in [0.25, 0.3) is 0 Å². The summed E-state index contributed by atoms with van der Waals surface area (Å²) in [4.78, 5) is 0. The SMILES string of the molecule is Brc1ccccc1C1=CCC1. The van der Waals surface area contributed by atoms with Gasteiger partial charge in [-0.3, -0.25) is 0 Å². The van der Waals surface area contributed by atoms with Crippen molar-refractivity contribution in [3.8, 4) is 0 Å². The average molecular weight is 209 g/mol. The minimum absolute atomic E-state index is 1.21. The highest BCUT2D eigenvalue weighted by Gasteiger charge is 2.09. The fraction of sp³-hybridized carbons (Fsp3) is 0.200. The Labute approximate surface area is 75.1 Å². The molecule has 1 aliphatic rings. The zero-order chi connectivity index (χ0) is 7.68. The zero-order valence-corrected chi connectivity index (χ0v) is 7.76. The van der Waals surface area contributed by atoms with Crippen molar-refractivity contribution < 1.29 is 0 Å². The fourth-order valence-corrected chi connectivity index (χ4v) is 1.79. The molecule has 0 heterocycles. The molecule has 0 radical (unpaired) electrons. The van der Waals surface area contributed by atoms with Crippen LogP contribution in [0.15, 0.2) is 34.8 Å². The van der Waals surface area contributed by atoms with Gasteiger partial charge >= 0.3 is 0 Å². The smallest absolute Gasteiger partial charge is 0.0250 e. The van der Waals surface area contributed by atoms with Crippen LogP contribution in [0.1, 0.15) is 18.4 Å². The molecule has 11 heavy (non-hydrogen) atoms. The molecule has 56 valence electrons. The molecule has 0 saturated carbocycles. The largest absolute Gasteiger partial charge is 0.0803 e. The number of hydrogen-bond donors (Lipinski definition) is 0. The summed E-state index contributed by atoms with van der Waals surface area (Å²) in [6.07, 6.45) is 4.78. The predicted octanol–water partition coefficient (Wildman–Crippen LogP) is 3.63. The van der Waals surface area contributed by atoms with Crippen LogP contribution in [0.5, 0.6) is 0 Å². The van der Waals surface area contributed by atoms with Gasteiger partial charge < -0.3 is 0 Å². The number of halogens is 1. The molecular weight excluding hydrogens is 200 g/mol. The highest BCUT2D eigenvalue weighted by molar-refractivity contribution is 9.10. The number of benzene rings is 1. The quantitative estimate of drug-likeness (QED) is 0.662. The van der Waals surface area contributed by atoms with E-state index in [4.69, 9.17) is 0 Å². The van der Waals surface area contributed by atoms with Gasteiger partial charge in [0.05, 0.1) is 0 Å². The van der Waals surface area contributed by atoms with E-state index in [9.17, 15) is 0 Å². The van der Waals surface area contributed by atoms with Gasteiger partial charge in [-0.25, -0.2) is 0 Å². The van der Waals surface area contributed by atoms with E-state index in [-0.39, 0.29) is 0 Å². The van der Waals surface area contributed by atoms with Gasteiger partial charge in [0.1, 0.15) is 0 Å². The standard InChI is InChI=1S/C10H9Br/c11-10-7-2-1-6-9(10)8-4-3-5-8/h1-2,4,6-7H,3,5H2. The van der Waals surface area contributed by atoms with Gasteiger partial charge in [-0.1, -0.05) is 40.2 Å². The summed E-state index contributed by atoms with van der Waals surface area (Å²) < 4.78 is 1.21. The molecule has 0 bridgehead atoms. The van der Waals surface area contributed by atoms with Gasteiger partial charge in [0, 0.05) is 4.47 Å². The van der Waals surface area contributed by atoms with Crippen LogP contribution in [0.3, 0.4) is 0 Å². The Bertz CT molecular complexity index is 299. The molecule has 1 heteroatoms. The van der Waals surface area contributed by atoms with Gasteiger partial charge in [-0.2, -0.15) is 0 Å². The molecular formula is C10H9Br. The summed E-state index contributed by atoms with van der Waals surface area (Å²) in [5, 5.41) is 0. The third-order valence-corrected chi connectivity index (χ3v) is 2.72. The van der Waals surface area contributed by atoms with E-state index in [1.807, 2.05) is 6.07 Å². The maximum Gasteiger partial charge on any atom is 0.0250 e. The van der Waals surface area contributed by atoms with Crippen molar-refractivity contribution in [3.63, 3.8) is 0 Å². The van der Waals surface area contributed by atoms with E-state index >= 15 is 0 Å². The summed E-state index contributed by atoms with van der Waals surface area (Å²) in [7, 11) is 0. The lowest BCUT2D eigenvalue weighted by Gasteiger charge is -2.15. The minimum Gasteiger partial charge on any atom is -0.0803 e. The summed E-state index contributed by atoms with van der Waals surface area (Å²) >= 11 is 3.53. The molecule has 1 aromatic carbocycles. The lowest BCUT2D eigenvalue weighted by atomic mass is 9.92. The van der Waals surface area contributed by atoms with Crippen LogP contribution in [0.4, 0.5) is 0 Å². The maximum atomic E-state index is 3.53. The van der Waals surface area contributed by atoms with Crippen LogP contribution in [0.25, 0.3) is 5.57 Å². The number of rotatable bonds is 1. The van der Waals surface area contributed by atoms with Crippen molar-refractivity contribution in [1.82, 2.24) is 0 Å². The monoisotopic (exact) mass is 208 g/mol. The highest BCUT2D eigenvalue weighted by atomic mass is 79.9. The van der Waals surface area contributed by atoms with Crippen molar-refractivity contribution in [2.24, 2.45) is 0 Å². The van der Waals surface area contributed by atoms with Gasteiger partial charge in [0.15, 0.2) is 0 Å². The second kappa shape index (κ2) is 2.82. The molecule has 0 spiro atoms. The molecule has 0 amide bonds. The highest BCUT2D eigenvalue weighted by Crippen LogP contribution is 2.33. The zero-order valence-electron chi connectivity index (χ0n) is 6.18. The first-order valence-corrected chi connectivity index (χ1v) is 4.61. The van der Waals surface area contributed by atoms with Crippen molar-refractivity contribution in [1.29, 1.82) is 0 Å². The molecule has 1 aromatic rings. The molecule has 1 aliphatic carbocycles. The van der Waals surface area contributed by atoms with Crippen LogP contribution in [-0.4, -0.2) is 0 Å². The van der Waals surface area contributed by atoms with Crippen molar-refractivity contribution >= 4 is 21.5 Å². The van der Waals surface area contributed by atoms with E-state index in [0.29, 0.717) is 0 Å². The Hall–Kier alpha value is -0.560. The molecule has 0 aromatic heterocycles. The third-order valence-electron chi connectivity index (χ3n) is 2.02. The van der Waals surface area contributed by atoms with Gasteiger partial charge in [0.2, 0.25) is 0 Å². The second-order valence-electron chi connectivity index (χ2n) is 2.75. The topological polar surface area (TPSA) is 0 Å². The molecule has 0 unspecified atom stereocenters. The second-order valence-corrected chi connectivity index (χ2v) is 3.60. The van der Waals surface area contributed by atoms with Crippen molar-refractivity contribution in [2.45, 2.75) is 12.8 Å². The van der Waals surface area contributed by atoms with E-state index in [2.05, 4.69) is 40.2 Å². The summed E-state index contributed by atoms with van der Waals surface area (Å²) in [6.45, 7) is 0. The van der Waals surface area contributed by atoms with Gasteiger partial charge in [-0.05, 0) is 30.0 Å². The fourth-order valence-electron chi connectivity index (χ4n) is 1.25.